The summed E-state index contributed by atoms with van der Waals surface area (Å²) in [5, 5.41) is 9.85. The first-order valence-corrected chi connectivity index (χ1v) is 8.27. The number of rotatable bonds is 6. The van der Waals surface area contributed by atoms with Gasteiger partial charge in [-0.15, -0.1) is 0 Å². The molecule has 0 aromatic heterocycles. The van der Waals surface area contributed by atoms with Gasteiger partial charge in [0.1, 0.15) is 12.4 Å². The highest BCUT2D eigenvalue weighted by Crippen LogP contribution is 2.17. The first kappa shape index (κ1) is 16.7. The van der Waals surface area contributed by atoms with Crippen LogP contribution in [0.3, 0.4) is 0 Å². The van der Waals surface area contributed by atoms with Gasteiger partial charge in [0, 0.05) is 43.7 Å². The molecule has 0 saturated carbocycles. The molecule has 21 heavy (non-hydrogen) atoms. The zero-order valence-electron chi connectivity index (χ0n) is 12.9. The van der Waals surface area contributed by atoms with Crippen LogP contribution in [-0.4, -0.2) is 66.4 Å². The molecule has 1 saturated heterocycles. The van der Waals surface area contributed by atoms with Crippen LogP contribution in [0.15, 0.2) is 28.7 Å². The fourth-order valence-corrected chi connectivity index (χ4v) is 2.95. The number of benzene rings is 1. The fraction of sp³-hybridized carbons (Fsp3) is 0.625. The molecule has 4 nitrogen and oxygen atoms in total. The van der Waals surface area contributed by atoms with Gasteiger partial charge in [-0.2, -0.15) is 0 Å². The average molecular weight is 357 g/mol. The second-order valence-electron chi connectivity index (χ2n) is 6.24. The van der Waals surface area contributed by atoms with Crippen molar-refractivity contribution < 1.29 is 9.84 Å². The number of halogens is 1. The van der Waals surface area contributed by atoms with Crippen LogP contribution in [0, 0.1) is 0 Å². The van der Waals surface area contributed by atoms with Gasteiger partial charge < -0.3 is 9.84 Å². The molecule has 1 fully saturated rings. The van der Waals surface area contributed by atoms with Crippen molar-refractivity contribution in [2.24, 2.45) is 0 Å². The van der Waals surface area contributed by atoms with E-state index < -0.39 is 5.60 Å². The van der Waals surface area contributed by atoms with E-state index >= 15 is 0 Å². The molecule has 2 rings (SSSR count). The lowest BCUT2D eigenvalue weighted by molar-refractivity contribution is 0.0162. The quantitative estimate of drug-likeness (QED) is 0.847. The maximum atomic E-state index is 9.85. The van der Waals surface area contributed by atoms with E-state index in [2.05, 4.69) is 25.7 Å². The summed E-state index contributed by atoms with van der Waals surface area (Å²) in [4.78, 5) is 4.74. The Bertz CT molecular complexity index is 440. The molecule has 0 spiro atoms. The predicted octanol–water partition coefficient (Wildman–Crippen LogP) is 2.22. The lowest BCUT2D eigenvalue weighted by atomic mass is 10.1. The summed E-state index contributed by atoms with van der Waals surface area (Å²) in [6, 6.07) is 7.94. The normalized spacial score (nSPS) is 17.9. The summed E-state index contributed by atoms with van der Waals surface area (Å²) in [7, 11) is 0. The van der Waals surface area contributed by atoms with Crippen LogP contribution in [-0.2, 0) is 0 Å². The van der Waals surface area contributed by atoms with Gasteiger partial charge in [0.15, 0.2) is 0 Å². The number of hydrogen-bond acceptors (Lipinski definition) is 4. The van der Waals surface area contributed by atoms with Crippen molar-refractivity contribution in [3.05, 3.63) is 28.7 Å². The van der Waals surface area contributed by atoms with Gasteiger partial charge in [-0.05, 0) is 32.0 Å². The van der Waals surface area contributed by atoms with Crippen LogP contribution >= 0.6 is 15.9 Å². The van der Waals surface area contributed by atoms with Gasteiger partial charge in [0.2, 0.25) is 0 Å². The third-order valence-corrected chi connectivity index (χ3v) is 4.04. The highest BCUT2D eigenvalue weighted by atomic mass is 79.9. The van der Waals surface area contributed by atoms with Gasteiger partial charge in [-0.25, -0.2) is 0 Å². The Morgan fingerprint density at radius 1 is 1.19 bits per heavy atom. The first-order valence-electron chi connectivity index (χ1n) is 7.48. The van der Waals surface area contributed by atoms with E-state index in [-0.39, 0.29) is 0 Å². The van der Waals surface area contributed by atoms with Crippen LogP contribution in [0.25, 0.3) is 0 Å². The van der Waals surface area contributed by atoms with Crippen molar-refractivity contribution in [2.75, 3.05) is 45.9 Å². The second-order valence-corrected chi connectivity index (χ2v) is 7.15. The van der Waals surface area contributed by atoms with Crippen molar-refractivity contribution >= 4 is 15.9 Å². The Hall–Kier alpha value is -0.620. The molecule has 118 valence electrons. The van der Waals surface area contributed by atoms with E-state index in [0.717, 1.165) is 49.5 Å². The van der Waals surface area contributed by atoms with Gasteiger partial charge >= 0.3 is 0 Å². The van der Waals surface area contributed by atoms with Crippen LogP contribution in [0.4, 0.5) is 0 Å². The van der Waals surface area contributed by atoms with Gasteiger partial charge in [0.25, 0.3) is 0 Å². The Balaban J connectivity index is 1.65. The van der Waals surface area contributed by atoms with Crippen molar-refractivity contribution in [3.63, 3.8) is 0 Å². The number of ether oxygens (including phenoxy) is 1. The van der Waals surface area contributed by atoms with E-state index in [1.54, 1.807) is 0 Å². The van der Waals surface area contributed by atoms with Gasteiger partial charge in [0.05, 0.1) is 5.60 Å². The molecular formula is C16H25BrN2O2. The standard InChI is InChI=1S/C16H25BrN2O2/c1-16(2,20)13-19-8-6-18(7-9-19)10-11-21-15-5-3-4-14(17)12-15/h3-5,12,20H,6-11,13H2,1-2H3. The summed E-state index contributed by atoms with van der Waals surface area (Å²) in [5.41, 5.74) is -0.605. The van der Waals surface area contributed by atoms with E-state index in [0.29, 0.717) is 6.61 Å². The van der Waals surface area contributed by atoms with Crippen LogP contribution in [0.5, 0.6) is 5.75 Å². The molecule has 0 radical (unpaired) electrons. The van der Waals surface area contributed by atoms with Crippen LogP contribution < -0.4 is 4.74 Å². The number of aliphatic hydroxyl groups is 1. The largest absolute Gasteiger partial charge is 0.492 e. The molecule has 1 N–H and O–H groups in total. The number of β-amino-alcohol motifs (C(OH)–C–C–N with tert-alkyl or cyclic N) is 1. The topological polar surface area (TPSA) is 35.9 Å². The molecule has 1 aromatic rings. The molecule has 0 atom stereocenters. The van der Waals surface area contributed by atoms with Crippen molar-refractivity contribution in [1.82, 2.24) is 9.80 Å². The van der Waals surface area contributed by atoms with Crippen molar-refractivity contribution in [2.45, 2.75) is 19.4 Å². The fourth-order valence-electron chi connectivity index (χ4n) is 2.57. The van der Waals surface area contributed by atoms with Gasteiger partial charge in [-0.3, -0.25) is 9.80 Å². The summed E-state index contributed by atoms with van der Waals surface area (Å²) in [6.45, 7) is 10.2. The molecule has 0 aliphatic carbocycles. The van der Waals surface area contributed by atoms with Crippen molar-refractivity contribution in [1.29, 1.82) is 0 Å². The Morgan fingerprint density at radius 2 is 1.86 bits per heavy atom. The number of hydrogen-bond donors (Lipinski definition) is 1. The second kappa shape index (κ2) is 7.58. The highest BCUT2D eigenvalue weighted by Gasteiger charge is 2.22. The first-order chi connectivity index (χ1) is 9.92. The molecule has 1 heterocycles. The molecule has 0 bridgehead atoms. The summed E-state index contributed by atoms with van der Waals surface area (Å²) < 4.78 is 6.81. The zero-order chi connectivity index (χ0) is 15.3. The lowest BCUT2D eigenvalue weighted by Crippen LogP contribution is -2.51. The summed E-state index contributed by atoms with van der Waals surface area (Å²) in [6.07, 6.45) is 0. The molecular weight excluding hydrogens is 332 g/mol. The number of nitrogens with zero attached hydrogens (tertiary/aromatic N) is 2. The maximum Gasteiger partial charge on any atom is 0.120 e. The summed E-state index contributed by atoms with van der Waals surface area (Å²) >= 11 is 3.44. The van der Waals surface area contributed by atoms with E-state index in [1.807, 2.05) is 38.1 Å². The maximum absolute atomic E-state index is 9.85. The van der Waals surface area contributed by atoms with Gasteiger partial charge in [-0.1, -0.05) is 22.0 Å². The number of piperazine rings is 1. The third-order valence-electron chi connectivity index (χ3n) is 3.55. The van der Waals surface area contributed by atoms with E-state index in [1.165, 1.54) is 0 Å². The summed E-state index contributed by atoms with van der Waals surface area (Å²) in [5.74, 6) is 0.907. The Morgan fingerprint density at radius 3 is 2.48 bits per heavy atom. The molecule has 0 unspecified atom stereocenters. The Labute approximate surface area is 135 Å². The van der Waals surface area contributed by atoms with Crippen molar-refractivity contribution in [3.8, 4) is 5.75 Å². The van der Waals surface area contributed by atoms with E-state index in [4.69, 9.17) is 4.74 Å². The average Bonchev–Trinajstić information content (AvgIpc) is 2.39. The smallest absolute Gasteiger partial charge is 0.120 e. The minimum Gasteiger partial charge on any atom is -0.492 e. The Kier molecular flexibility index (Phi) is 6.05. The minimum atomic E-state index is -0.605. The monoisotopic (exact) mass is 356 g/mol. The van der Waals surface area contributed by atoms with Crippen LogP contribution in [0.2, 0.25) is 0 Å². The molecule has 1 aliphatic heterocycles. The molecule has 0 amide bonds. The third kappa shape index (κ3) is 6.34. The SMILES string of the molecule is CC(C)(O)CN1CCN(CCOc2cccc(Br)c2)CC1. The molecule has 1 aliphatic rings. The van der Waals surface area contributed by atoms with E-state index in [9.17, 15) is 5.11 Å². The lowest BCUT2D eigenvalue weighted by Gasteiger charge is -2.37. The minimum absolute atomic E-state index is 0.605. The zero-order valence-corrected chi connectivity index (χ0v) is 14.5. The molecule has 1 aromatic carbocycles. The highest BCUT2D eigenvalue weighted by molar-refractivity contribution is 9.10. The predicted molar refractivity (Wildman–Crippen MR) is 88.8 cm³/mol. The van der Waals surface area contributed by atoms with Crippen LogP contribution in [0.1, 0.15) is 13.8 Å². The molecule has 5 heteroatoms.